The zero-order valence-corrected chi connectivity index (χ0v) is 10.5. The lowest BCUT2D eigenvalue weighted by Crippen LogP contribution is -2.21. The summed E-state index contributed by atoms with van der Waals surface area (Å²) in [4.78, 5) is 22.1. The monoisotopic (exact) mass is 246 g/mol. The quantitative estimate of drug-likeness (QED) is 0.615. The van der Waals surface area contributed by atoms with Gasteiger partial charge in [-0.05, 0) is 19.4 Å². The van der Waals surface area contributed by atoms with Crippen LogP contribution >= 0.6 is 0 Å². The van der Waals surface area contributed by atoms with Crippen LogP contribution in [0.25, 0.3) is 0 Å². The Morgan fingerprint density at radius 3 is 2.67 bits per heavy atom. The number of esters is 1. The van der Waals surface area contributed by atoms with E-state index in [0.29, 0.717) is 12.3 Å². The van der Waals surface area contributed by atoms with Crippen molar-refractivity contribution in [2.24, 2.45) is 0 Å². The molecule has 0 aliphatic heterocycles. The molecule has 1 N–H and O–H groups in total. The van der Waals surface area contributed by atoms with E-state index >= 15 is 0 Å². The fraction of sp³-hybridized carbons (Fsp3) is 0.286. The molecular formula is C14H16NO3. The number of rotatable bonds is 6. The van der Waals surface area contributed by atoms with E-state index in [1.807, 2.05) is 36.6 Å². The van der Waals surface area contributed by atoms with E-state index in [1.165, 1.54) is 6.08 Å². The van der Waals surface area contributed by atoms with Crippen molar-refractivity contribution >= 4 is 12.3 Å². The highest BCUT2D eigenvalue weighted by atomic mass is 16.5. The third-order valence-electron chi connectivity index (χ3n) is 2.24. The van der Waals surface area contributed by atoms with Gasteiger partial charge >= 0.3 is 5.97 Å². The molecule has 1 radical (unpaired) electrons. The minimum Gasteiger partial charge on any atom is -0.463 e. The molecule has 4 heteroatoms. The molecule has 0 fully saturated rings. The fourth-order valence-electron chi connectivity index (χ4n) is 1.46. The zero-order valence-electron chi connectivity index (χ0n) is 10.5. The van der Waals surface area contributed by atoms with Gasteiger partial charge in [-0.2, -0.15) is 0 Å². The first kappa shape index (κ1) is 14.0. The number of hydrogen-bond donors (Lipinski definition) is 1. The Balaban J connectivity index is 2.69. The molecule has 0 aliphatic carbocycles. The van der Waals surface area contributed by atoms with Crippen molar-refractivity contribution in [2.45, 2.75) is 19.9 Å². The average Bonchev–Trinajstić information content (AvgIpc) is 2.37. The maximum absolute atomic E-state index is 11.2. The molecule has 1 aromatic rings. The number of ether oxygens (including phenoxy) is 1. The number of carbonyl (C=O) groups excluding carboxylic acids is 2. The molecule has 95 valence electrons. The van der Waals surface area contributed by atoms with E-state index in [-0.39, 0.29) is 0 Å². The third-order valence-corrected chi connectivity index (χ3v) is 2.24. The van der Waals surface area contributed by atoms with Crippen LogP contribution in [0.15, 0.2) is 42.1 Å². The van der Waals surface area contributed by atoms with Crippen molar-refractivity contribution < 1.29 is 14.3 Å². The molecule has 4 nitrogen and oxygen atoms in total. The van der Waals surface area contributed by atoms with Crippen LogP contribution in [0.1, 0.15) is 25.5 Å². The van der Waals surface area contributed by atoms with Crippen LogP contribution in [0.2, 0.25) is 0 Å². The van der Waals surface area contributed by atoms with Crippen molar-refractivity contribution in [3.8, 4) is 0 Å². The van der Waals surface area contributed by atoms with Crippen molar-refractivity contribution in [3.63, 3.8) is 0 Å². The second-order valence-electron chi connectivity index (χ2n) is 3.69. The highest BCUT2D eigenvalue weighted by Gasteiger charge is 2.10. The summed E-state index contributed by atoms with van der Waals surface area (Å²) in [5.41, 5.74) is 1.36. The second-order valence-corrected chi connectivity index (χ2v) is 3.69. The molecule has 0 saturated heterocycles. The average molecular weight is 246 g/mol. The maximum Gasteiger partial charge on any atom is 0.332 e. The molecule has 0 saturated carbocycles. The predicted octanol–water partition coefficient (Wildman–Crippen LogP) is 1.89. The van der Waals surface area contributed by atoms with E-state index in [9.17, 15) is 9.59 Å². The predicted molar refractivity (Wildman–Crippen MR) is 68.4 cm³/mol. The Kier molecular flexibility index (Phi) is 5.64. The van der Waals surface area contributed by atoms with Gasteiger partial charge in [0.1, 0.15) is 6.04 Å². The second kappa shape index (κ2) is 7.27. The van der Waals surface area contributed by atoms with Gasteiger partial charge in [0, 0.05) is 11.8 Å². The van der Waals surface area contributed by atoms with Gasteiger partial charge in [-0.15, -0.1) is 0 Å². The van der Waals surface area contributed by atoms with E-state index in [1.54, 1.807) is 13.8 Å². The van der Waals surface area contributed by atoms with Gasteiger partial charge in [0.2, 0.25) is 6.29 Å². The molecule has 1 aromatic carbocycles. The zero-order chi connectivity index (χ0) is 13.4. The number of allylic oxidation sites excluding steroid dienone is 1. The van der Waals surface area contributed by atoms with Gasteiger partial charge in [-0.1, -0.05) is 30.3 Å². The molecule has 1 rings (SSSR count). The molecular weight excluding hydrogens is 230 g/mol. The van der Waals surface area contributed by atoms with Crippen LogP contribution in [-0.2, 0) is 14.3 Å². The summed E-state index contributed by atoms with van der Waals surface area (Å²) in [5.74, 6) is -0.430. The lowest BCUT2D eigenvalue weighted by molar-refractivity contribution is -0.137. The van der Waals surface area contributed by atoms with Crippen molar-refractivity contribution in [2.75, 3.05) is 6.61 Å². The number of carbonyl (C=O) groups is 1. The smallest absolute Gasteiger partial charge is 0.332 e. The van der Waals surface area contributed by atoms with Crippen LogP contribution in [-0.4, -0.2) is 18.9 Å². The molecule has 0 amide bonds. The summed E-state index contributed by atoms with van der Waals surface area (Å²) < 4.78 is 4.78. The Morgan fingerprint density at radius 1 is 1.44 bits per heavy atom. The van der Waals surface area contributed by atoms with E-state index in [2.05, 4.69) is 5.32 Å². The first-order chi connectivity index (χ1) is 8.67. The molecule has 1 unspecified atom stereocenters. The van der Waals surface area contributed by atoms with Gasteiger partial charge in [0.05, 0.1) is 6.61 Å². The Hall–Kier alpha value is -2.10. The van der Waals surface area contributed by atoms with Gasteiger partial charge < -0.3 is 10.1 Å². The molecule has 0 aromatic heterocycles. The highest BCUT2D eigenvalue weighted by molar-refractivity contribution is 5.82. The molecule has 0 heterocycles. The molecule has 18 heavy (non-hydrogen) atoms. The number of nitrogens with one attached hydrogen (secondary N) is 1. The van der Waals surface area contributed by atoms with Gasteiger partial charge in [0.15, 0.2) is 0 Å². The SMILES string of the molecule is CCOC(=O)C=C(C)NC([C]=O)c1ccccc1. The van der Waals surface area contributed by atoms with Gasteiger partial charge in [-0.3, -0.25) is 4.79 Å². The van der Waals surface area contributed by atoms with Crippen LogP contribution in [0.3, 0.4) is 0 Å². The molecule has 0 spiro atoms. The van der Waals surface area contributed by atoms with Gasteiger partial charge in [-0.25, -0.2) is 4.79 Å². The summed E-state index contributed by atoms with van der Waals surface area (Å²) in [7, 11) is 0. The standard InChI is InChI=1S/C14H16NO3/c1-3-18-14(17)9-11(2)15-13(10-16)12-7-5-4-6-8-12/h4-9,13,15H,3H2,1-2H3. The van der Waals surface area contributed by atoms with E-state index in [0.717, 1.165) is 5.56 Å². The first-order valence-electron chi connectivity index (χ1n) is 5.71. The molecule has 1 atom stereocenters. The van der Waals surface area contributed by atoms with E-state index in [4.69, 9.17) is 4.74 Å². The maximum atomic E-state index is 11.2. The van der Waals surface area contributed by atoms with Crippen LogP contribution in [0.4, 0.5) is 0 Å². The third kappa shape index (κ3) is 4.41. The lowest BCUT2D eigenvalue weighted by atomic mass is 10.1. The van der Waals surface area contributed by atoms with Crippen LogP contribution in [0, 0.1) is 0 Å². The number of benzene rings is 1. The first-order valence-corrected chi connectivity index (χ1v) is 5.71. The van der Waals surface area contributed by atoms with Crippen molar-refractivity contribution in [3.05, 3.63) is 47.7 Å². The van der Waals surface area contributed by atoms with Crippen molar-refractivity contribution in [1.82, 2.24) is 5.32 Å². The molecule has 0 bridgehead atoms. The minimum absolute atomic E-state index is 0.324. The largest absolute Gasteiger partial charge is 0.463 e. The molecule has 0 aliphatic rings. The van der Waals surface area contributed by atoms with Crippen molar-refractivity contribution in [1.29, 1.82) is 0 Å². The van der Waals surface area contributed by atoms with Gasteiger partial charge in [0.25, 0.3) is 0 Å². The summed E-state index contributed by atoms with van der Waals surface area (Å²) >= 11 is 0. The highest BCUT2D eigenvalue weighted by Crippen LogP contribution is 2.11. The minimum atomic E-state index is -0.586. The fourth-order valence-corrected chi connectivity index (χ4v) is 1.46. The van der Waals surface area contributed by atoms with Crippen LogP contribution < -0.4 is 5.32 Å². The Morgan fingerprint density at radius 2 is 2.11 bits per heavy atom. The summed E-state index contributed by atoms with van der Waals surface area (Å²) in [6.07, 6.45) is 3.22. The topological polar surface area (TPSA) is 55.4 Å². The normalized spacial score (nSPS) is 12.7. The lowest BCUT2D eigenvalue weighted by Gasteiger charge is -2.13. The Bertz CT molecular complexity index is 426. The van der Waals surface area contributed by atoms with Crippen LogP contribution in [0.5, 0.6) is 0 Å². The summed E-state index contributed by atoms with van der Waals surface area (Å²) in [6, 6.07) is 8.60. The Labute approximate surface area is 107 Å². The van der Waals surface area contributed by atoms with E-state index < -0.39 is 12.0 Å². The summed E-state index contributed by atoms with van der Waals surface area (Å²) in [5, 5.41) is 2.91. The summed E-state index contributed by atoms with van der Waals surface area (Å²) in [6.45, 7) is 3.76. The number of hydrogen-bond acceptors (Lipinski definition) is 4.